The number of rotatable bonds is 8. The zero-order chi connectivity index (χ0) is 14.2. The number of aryl methyl sites for hydroxylation is 1. The second kappa shape index (κ2) is 8.73. The smallest absolute Gasteiger partial charge is 0.0537 e. The molecule has 0 aromatic carbocycles. The average Bonchev–Trinajstić information content (AvgIpc) is 2.93. The first-order chi connectivity index (χ1) is 9.83. The number of hydrogen-bond donors (Lipinski definition) is 1. The predicted octanol–water partition coefficient (Wildman–Crippen LogP) is 3.87. The van der Waals surface area contributed by atoms with Crippen LogP contribution in [-0.2, 0) is 6.54 Å². The topological polar surface area (TPSA) is 29.9 Å². The Bertz CT molecular complexity index is 372. The van der Waals surface area contributed by atoms with Gasteiger partial charge in [-0.15, -0.1) is 0 Å². The summed E-state index contributed by atoms with van der Waals surface area (Å²) >= 11 is 2.11. The normalized spacial score (nSPS) is 18.3. The van der Waals surface area contributed by atoms with Gasteiger partial charge in [-0.25, -0.2) is 0 Å². The van der Waals surface area contributed by atoms with E-state index in [1.54, 1.807) is 0 Å². The van der Waals surface area contributed by atoms with Crippen molar-refractivity contribution in [3.05, 3.63) is 18.0 Å². The summed E-state index contributed by atoms with van der Waals surface area (Å²) in [6.07, 6.45) is 10.7. The van der Waals surface area contributed by atoms with E-state index >= 15 is 0 Å². The van der Waals surface area contributed by atoms with Crippen LogP contribution in [0.2, 0.25) is 0 Å². The minimum absolute atomic E-state index is 0.494. The lowest BCUT2D eigenvalue weighted by molar-refractivity contribution is 0.370. The van der Waals surface area contributed by atoms with Crippen LogP contribution < -0.4 is 5.32 Å². The zero-order valence-electron chi connectivity index (χ0n) is 13.0. The summed E-state index contributed by atoms with van der Waals surface area (Å²) in [6.45, 7) is 6.57. The van der Waals surface area contributed by atoms with Gasteiger partial charge in [-0.05, 0) is 56.1 Å². The highest BCUT2D eigenvalue weighted by atomic mass is 32.2. The quantitative estimate of drug-likeness (QED) is 0.789. The predicted molar refractivity (Wildman–Crippen MR) is 88.2 cm³/mol. The maximum absolute atomic E-state index is 4.50. The Morgan fingerprint density at radius 3 is 2.85 bits per heavy atom. The molecule has 1 atom stereocenters. The van der Waals surface area contributed by atoms with Crippen LogP contribution in [0.5, 0.6) is 0 Å². The van der Waals surface area contributed by atoms with Crippen LogP contribution in [0.1, 0.15) is 57.6 Å². The molecule has 0 bridgehead atoms. The Morgan fingerprint density at radius 2 is 2.15 bits per heavy atom. The Hall–Kier alpha value is -0.480. The van der Waals surface area contributed by atoms with E-state index in [1.807, 2.05) is 0 Å². The highest BCUT2D eigenvalue weighted by molar-refractivity contribution is 7.99. The molecule has 1 aliphatic heterocycles. The first-order valence-corrected chi connectivity index (χ1v) is 9.32. The average molecular weight is 295 g/mol. The van der Waals surface area contributed by atoms with E-state index < -0.39 is 0 Å². The van der Waals surface area contributed by atoms with Crippen molar-refractivity contribution in [1.29, 1.82) is 0 Å². The molecule has 1 aromatic rings. The number of nitrogens with one attached hydrogen (secondary N) is 1. The van der Waals surface area contributed by atoms with Crippen LogP contribution in [0.3, 0.4) is 0 Å². The molecule has 20 heavy (non-hydrogen) atoms. The first kappa shape index (κ1) is 15.9. The maximum atomic E-state index is 4.50. The van der Waals surface area contributed by atoms with E-state index in [4.69, 9.17) is 0 Å². The molecule has 1 fully saturated rings. The fourth-order valence-corrected chi connectivity index (χ4v) is 4.09. The summed E-state index contributed by atoms with van der Waals surface area (Å²) in [6, 6.07) is 0.494. The van der Waals surface area contributed by atoms with Crippen molar-refractivity contribution in [1.82, 2.24) is 15.1 Å². The van der Waals surface area contributed by atoms with Gasteiger partial charge in [-0.1, -0.05) is 13.8 Å². The van der Waals surface area contributed by atoms with Gasteiger partial charge in [0, 0.05) is 24.3 Å². The van der Waals surface area contributed by atoms with E-state index in [2.05, 4.69) is 53.1 Å². The highest BCUT2D eigenvalue weighted by Crippen LogP contribution is 2.31. The maximum Gasteiger partial charge on any atom is 0.0537 e. The Labute approximate surface area is 127 Å². The Kier molecular flexibility index (Phi) is 6.94. The molecular formula is C16H29N3S. The molecule has 1 aliphatic rings. The fourth-order valence-electron chi connectivity index (χ4n) is 2.88. The molecule has 114 valence electrons. The number of hydrogen-bond acceptors (Lipinski definition) is 3. The Balaban J connectivity index is 1.96. The number of aromatic nitrogens is 2. The second-order valence-electron chi connectivity index (χ2n) is 5.83. The van der Waals surface area contributed by atoms with Gasteiger partial charge in [0.1, 0.15) is 0 Å². The summed E-state index contributed by atoms with van der Waals surface area (Å²) in [5.74, 6) is 3.58. The first-order valence-electron chi connectivity index (χ1n) is 8.17. The van der Waals surface area contributed by atoms with Gasteiger partial charge in [0.2, 0.25) is 0 Å². The monoisotopic (exact) mass is 295 g/mol. The largest absolute Gasteiger partial charge is 0.310 e. The molecule has 2 heterocycles. The van der Waals surface area contributed by atoms with Gasteiger partial charge in [0.25, 0.3) is 0 Å². The van der Waals surface area contributed by atoms with Crippen molar-refractivity contribution in [2.75, 3.05) is 18.1 Å². The molecule has 0 radical (unpaired) electrons. The van der Waals surface area contributed by atoms with Gasteiger partial charge in [0.05, 0.1) is 6.20 Å². The summed E-state index contributed by atoms with van der Waals surface area (Å²) in [5.41, 5.74) is 1.38. The lowest BCUT2D eigenvalue weighted by atomic mass is 9.92. The molecule has 1 unspecified atom stereocenters. The number of thioether (sulfide) groups is 1. The summed E-state index contributed by atoms with van der Waals surface area (Å²) in [4.78, 5) is 0. The van der Waals surface area contributed by atoms with Crippen LogP contribution in [-0.4, -0.2) is 27.8 Å². The van der Waals surface area contributed by atoms with Crippen LogP contribution in [0.4, 0.5) is 0 Å². The van der Waals surface area contributed by atoms with Gasteiger partial charge >= 0.3 is 0 Å². The molecule has 0 aliphatic carbocycles. The fraction of sp³-hybridized carbons (Fsp3) is 0.812. The van der Waals surface area contributed by atoms with Crippen molar-refractivity contribution in [3.8, 4) is 0 Å². The van der Waals surface area contributed by atoms with Crippen molar-refractivity contribution in [3.63, 3.8) is 0 Å². The SMILES string of the molecule is CCCNC(CC1CCSCC1)c1cnn(CCC)c1. The van der Waals surface area contributed by atoms with Gasteiger partial charge in [0.15, 0.2) is 0 Å². The summed E-state index contributed by atoms with van der Waals surface area (Å²) in [5, 5.41) is 8.23. The second-order valence-corrected chi connectivity index (χ2v) is 7.06. The van der Waals surface area contributed by atoms with E-state index in [0.717, 1.165) is 25.4 Å². The van der Waals surface area contributed by atoms with Crippen molar-refractivity contribution >= 4 is 11.8 Å². The summed E-state index contributed by atoms with van der Waals surface area (Å²) in [7, 11) is 0. The van der Waals surface area contributed by atoms with Crippen LogP contribution in [0.25, 0.3) is 0 Å². The lowest BCUT2D eigenvalue weighted by Gasteiger charge is -2.26. The molecule has 4 heteroatoms. The summed E-state index contributed by atoms with van der Waals surface area (Å²) < 4.78 is 2.09. The molecule has 0 amide bonds. The van der Waals surface area contributed by atoms with Crippen LogP contribution >= 0.6 is 11.8 Å². The van der Waals surface area contributed by atoms with Crippen molar-refractivity contribution in [2.45, 2.75) is 58.5 Å². The minimum atomic E-state index is 0.494. The van der Waals surface area contributed by atoms with Crippen LogP contribution in [0, 0.1) is 5.92 Å². The lowest BCUT2D eigenvalue weighted by Crippen LogP contribution is -2.25. The van der Waals surface area contributed by atoms with E-state index in [9.17, 15) is 0 Å². The third-order valence-corrected chi connectivity index (χ3v) is 5.11. The van der Waals surface area contributed by atoms with Crippen LogP contribution in [0.15, 0.2) is 12.4 Å². The standard InChI is InChI=1S/C16H29N3S/c1-3-7-17-16(11-14-5-9-20-10-6-14)15-12-18-19(13-15)8-4-2/h12-14,16-17H,3-11H2,1-2H3. The highest BCUT2D eigenvalue weighted by Gasteiger charge is 2.21. The molecule has 3 nitrogen and oxygen atoms in total. The molecule has 1 N–H and O–H groups in total. The van der Waals surface area contributed by atoms with E-state index in [0.29, 0.717) is 6.04 Å². The molecule has 0 spiro atoms. The van der Waals surface area contributed by atoms with E-state index in [-0.39, 0.29) is 0 Å². The van der Waals surface area contributed by atoms with Gasteiger partial charge in [-0.2, -0.15) is 16.9 Å². The molecule has 2 rings (SSSR count). The van der Waals surface area contributed by atoms with Crippen molar-refractivity contribution in [2.24, 2.45) is 5.92 Å². The van der Waals surface area contributed by atoms with Gasteiger partial charge in [-0.3, -0.25) is 4.68 Å². The van der Waals surface area contributed by atoms with E-state index in [1.165, 1.54) is 42.8 Å². The van der Waals surface area contributed by atoms with Gasteiger partial charge < -0.3 is 5.32 Å². The zero-order valence-corrected chi connectivity index (χ0v) is 13.8. The third kappa shape index (κ3) is 4.81. The molecule has 0 saturated carbocycles. The minimum Gasteiger partial charge on any atom is -0.310 e. The third-order valence-electron chi connectivity index (χ3n) is 4.06. The molecule has 1 saturated heterocycles. The number of nitrogens with zero attached hydrogens (tertiary/aromatic N) is 2. The Morgan fingerprint density at radius 1 is 1.35 bits per heavy atom. The van der Waals surface area contributed by atoms with Crippen molar-refractivity contribution < 1.29 is 0 Å². The molecule has 1 aromatic heterocycles. The molecular weight excluding hydrogens is 266 g/mol.